The van der Waals surface area contributed by atoms with Crippen molar-refractivity contribution in [2.45, 2.75) is 13.3 Å². The highest BCUT2D eigenvalue weighted by molar-refractivity contribution is 6.39. The number of aromatic nitrogens is 2. The molecule has 0 fully saturated rings. The third kappa shape index (κ3) is 3.75. The van der Waals surface area contributed by atoms with Gasteiger partial charge in [-0.05, 0) is 36.8 Å². The number of carbonyl (C=O) groups excluding carboxylic acids is 1. The first-order valence-corrected chi connectivity index (χ1v) is 7.90. The molecule has 7 heteroatoms. The van der Waals surface area contributed by atoms with Crippen LogP contribution < -0.4 is 5.32 Å². The molecule has 0 radical (unpaired) electrons. The highest BCUT2D eigenvalue weighted by atomic mass is 35.5. The first-order chi connectivity index (χ1) is 11.5. The van der Waals surface area contributed by atoms with E-state index in [1.807, 2.05) is 0 Å². The van der Waals surface area contributed by atoms with E-state index in [4.69, 9.17) is 27.6 Å². The predicted octanol–water partition coefficient (Wildman–Crippen LogP) is 4.85. The van der Waals surface area contributed by atoms with E-state index in [0.717, 1.165) is 5.56 Å². The number of benzene rings is 1. The Kier molecular flexibility index (Phi) is 4.83. The molecule has 24 heavy (non-hydrogen) atoms. The molecule has 122 valence electrons. The molecular formula is C17H13Cl2N3O2. The minimum Gasteiger partial charge on any atom is -0.429 e. The monoisotopic (exact) mass is 361 g/mol. The van der Waals surface area contributed by atoms with Gasteiger partial charge in [0.2, 0.25) is 0 Å². The van der Waals surface area contributed by atoms with Gasteiger partial charge in [-0.15, -0.1) is 0 Å². The Balaban J connectivity index is 1.78. The minimum absolute atomic E-state index is 0.158. The van der Waals surface area contributed by atoms with Gasteiger partial charge in [0.05, 0.1) is 21.8 Å². The van der Waals surface area contributed by atoms with Gasteiger partial charge in [-0.3, -0.25) is 10.1 Å². The second-order valence-electron chi connectivity index (χ2n) is 5.15. The number of Topliss-reactive ketones (excluding diaryl/α,β-unsaturated/α-hetero) is 1. The van der Waals surface area contributed by atoms with Crippen molar-refractivity contribution >= 4 is 40.8 Å². The van der Waals surface area contributed by atoms with Crippen LogP contribution >= 0.6 is 23.2 Å². The quantitative estimate of drug-likeness (QED) is 0.657. The Morgan fingerprint density at radius 2 is 1.96 bits per heavy atom. The molecule has 0 aliphatic rings. The number of nitrogens with zero attached hydrogens (tertiary/aromatic N) is 2. The van der Waals surface area contributed by atoms with E-state index in [2.05, 4.69) is 15.3 Å². The fourth-order valence-electron chi connectivity index (χ4n) is 2.21. The summed E-state index contributed by atoms with van der Waals surface area (Å²) in [5, 5.41) is 3.63. The van der Waals surface area contributed by atoms with E-state index < -0.39 is 0 Å². The number of carbonyl (C=O) groups is 1. The van der Waals surface area contributed by atoms with Crippen LogP contribution in [0.25, 0.3) is 0 Å². The summed E-state index contributed by atoms with van der Waals surface area (Å²) in [5.74, 6) is 1.07. The maximum atomic E-state index is 12.5. The number of anilines is 2. The summed E-state index contributed by atoms with van der Waals surface area (Å²) in [6.45, 7) is 1.80. The number of nitrogens with one attached hydrogen (secondary N) is 1. The lowest BCUT2D eigenvalue weighted by molar-refractivity contribution is 0.0993. The lowest BCUT2D eigenvalue weighted by Gasteiger charge is -2.07. The van der Waals surface area contributed by atoms with Gasteiger partial charge < -0.3 is 4.42 Å². The maximum absolute atomic E-state index is 12.5. The largest absolute Gasteiger partial charge is 0.429 e. The van der Waals surface area contributed by atoms with E-state index in [1.165, 1.54) is 0 Å². The number of oxazole rings is 1. The topological polar surface area (TPSA) is 68.0 Å². The molecule has 0 bridgehead atoms. The first kappa shape index (κ1) is 16.5. The SMILES string of the molecule is Cc1cnc(Nc2cc(CC(=O)c3c(Cl)cccc3Cl)ccn2)o1. The average Bonchev–Trinajstić information content (AvgIpc) is 2.92. The Labute approximate surface area is 148 Å². The fraction of sp³-hybridized carbons (Fsp3) is 0.118. The van der Waals surface area contributed by atoms with Crippen molar-refractivity contribution in [3.8, 4) is 0 Å². The maximum Gasteiger partial charge on any atom is 0.300 e. The number of pyridine rings is 1. The summed E-state index contributed by atoms with van der Waals surface area (Å²) in [6.07, 6.45) is 3.37. The molecule has 0 saturated carbocycles. The highest BCUT2D eigenvalue weighted by Gasteiger charge is 2.15. The van der Waals surface area contributed by atoms with Crippen molar-refractivity contribution in [3.63, 3.8) is 0 Å². The zero-order chi connectivity index (χ0) is 17.1. The summed E-state index contributed by atoms with van der Waals surface area (Å²) >= 11 is 12.2. The van der Waals surface area contributed by atoms with Crippen LogP contribution in [-0.2, 0) is 6.42 Å². The van der Waals surface area contributed by atoms with Crippen LogP contribution in [0.15, 0.2) is 47.1 Å². The summed E-state index contributed by atoms with van der Waals surface area (Å²) in [4.78, 5) is 20.7. The van der Waals surface area contributed by atoms with E-state index in [0.29, 0.717) is 33.2 Å². The van der Waals surface area contributed by atoms with Crippen molar-refractivity contribution in [3.05, 3.63) is 69.7 Å². The summed E-state index contributed by atoms with van der Waals surface area (Å²) in [6, 6.07) is 8.85. The fourth-order valence-corrected chi connectivity index (χ4v) is 2.82. The summed E-state index contributed by atoms with van der Waals surface area (Å²) in [7, 11) is 0. The number of halogens is 2. The van der Waals surface area contributed by atoms with Crippen LogP contribution in [-0.4, -0.2) is 15.8 Å². The van der Waals surface area contributed by atoms with Crippen molar-refractivity contribution in [1.82, 2.24) is 9.97 Å². The molecule has 2 aromatic heterocycles. The van der Waals surface area contributed by atoms with Gasteiger partial charge in [-0.1, -0.05) is 29.3 Å². The van der Waals surface area contributed by atoms with Gasteiger partial charge in [0.25, 0.3) is 6.01 Å². The van der Waals surface area contributed by atoms with E-state index in [9.17, 15) is 4.79 Å². The number of ketones is 1. The van der Waals surface area contributed by atoms with Crippen molar-refractivity contribution in [2.24, 2.45) is 0 Å². The van der Waals surface area contributed by atoms with Crippen molar-refractivity contribution in [1.29, 1.82) is 0 Å². The zero-order valence-corrected chi connectivity index (χ0v) is 14.2. The molecule has 0 aliphatic carbocycles. The van der Waals surface area contributed by atoms with Crippen LogP contribution in [0, 0.1) is 6.92 Å². The summed E-state index contributed by atoms with van der Waals surface area (Å²) in [5.41, 5.74) is 1.10. The van der Waals surface area contributed by atoms with Gasteiger partial charge in [0.1, 0.15) is 11.6 Å². The molecule has 0 spiro atoms. The summed E-state index contributed by atoms with van der Waals surface area (Å²) < 4.78 is 5.35. The number of rotatable bonds is 5. The third-order valence-electron chi connectivity index (χ3n) is 3.29. The smallest absolute Gasteiger partial charge is 0.300 e. The molecule has 0 aliphatic heterocycles. The molecule has 0 saturated heterocycles. The zero-order valence-electron chi connectivity index (χ0n) is 12.7. The minimum atomic E-state index is -0.158. The standard InChI is InChI=1S/C17H13Cl2N3O2/c1-10-9-21-17(24-10)22-15-8-11(5-6-20-15)7-14(23)16-12(18)3-2-4-13(16)19/h2-6,8-9H,7H2,1H3,(H,20,21,22). The van der Waals surface area contributed by atoms with Gasteiger partial charge in [-0.25, -0.2) is 9.97 Å². The number of hydrogen-bond acceptors (Lipinski definition) is 5. The van der Waals surface area contributed by atoms with Crippen LogP contribution in [0.5, 0.6) is 0 Å². The van der Waals surface area contributed by atoms with Gasteiger partial charge in [0, 0.05) is 12.6 Å². The molecule has 5 nitrogen and oxygen atoms in total. The number of aryl methyl sites for hydroxylation is 1. The molecule has 1 N–H and O–H groups in total. The lowest BCUT2D eigenvalue weighted by Crippen LogP contribution is -2.06. The second kappa shape index (κ2) is 7.03. The molecular weight excluding hydrogens is 349 g/mol. The highest BCUT2D eigenvalue weighted by Crippen LogP contribution is 2.26. The molecule has 2 heterocycles. The van der Waals surface area contributed by atoms with Crippen molar-refractivity contribution < 1.29 is 9.21 Å². The normalized spacial score (nSPS) is 10.6. The molecule has 1 aromatic carbocycles. The van der Waals surface area contributed by atoms with Gasteiger partial charge >= 0.3 is 0 Å². The Morgan fingerprint density at radius 3 is 2.62 bits per heavy atom. The molecule has 0 amide bonds. The van der Waals surface area contributed by atoms with E-state index in [1.54, 1.807) is 49.6 Å². The number of hydrogen-bond donors (Lipinski definition) is 1. The van der Waals surface area contributed by atoms with Crippen LogP contribution in [0.3, 0.4) is 0 Å². The molecule has 0 unspecified atom stereocenters. The van der Waals surface area contributed by atoms with Crippen LogP contribution in [0.1, 0.15) is 21.7 Å². The molecule has 3 rings (SSSR count). The molecule has 3 aromatic rings. The van der Waals surface area contributed by atoms with E-state index in [-0.39, 0.29) is 12.2 Å². The Bertz CT molecular complexity index is 873. The second-order valence-corrected chi connectivity index (χ2v) is 5.96. The van der Waals surface area contributed by atoms with Crippen molar-refractivity contribution in [2.75, 3.05) is 5.32 Å². The third-order valence-corrected chi connectivity index (χ3v) is 3.92. The predicted molar refractivity (Wildman–Crippen MR) is 93.3 cm³/mol. The average molecular weight is 362 g/mol. The first-order valence-electron chi connectivity index (χ1n) is 7.14. The van der Waals surface area contributed by atoms with E-state index >= 15 is 0 Å². The van der Waals surface area contributed by atoms with Crippen LogP contribution in [0.4, 0.5) is 11.8 Å². The van der Waals surface area contributed by atoms with Gasteiger partial charge in [0.15, 0.2) is 5.78 Å². The Hall–Kier alpha value is -2.37. The Morgan fingerprint density at radius 1 is 1.21 bits per heavy atom. The van der Waals surface area contributed by atoms with Crippen LogP contribution in [0.2, 0.25) is 10.0 Å². The molecule has 0 atom stereocenters. The lowest BCUT2D eigenvalue weighted by atomic mass is 10.0. The van der Waals surface area contributed by atoms with Gasteiger partial charge in [-0.2, -0.15) is 0 Å².